The number of carboxylic acids is 1. The number of nitrogens with zero attached hydrogens (tertiary/aromatic N) is 1. The quantitative estimate of drug-likeness (QED) is 0.438. The SMILES string of the molecule is CC1(C)SC2C(NC(=O)Cc3ccccc3)C(=O)N2C1C(=O)[O-].[K+]. The van der Waals surface area contributed by atoms with Crippen molar-refractivity contribution in [3.8, 4) is 0 Å². The van der Waals surface area contributed by atoms with E-state index in [-0.39, 0.29) is 75.0 Å². The minimum atomic E-state index is -1.26. The second-order valence-electron chi connectivity index (χ2n) is 6.29. The largest absolute Gasteiger partial charge is 1.00 e. The number of carboxylic acid groups (broad SMARTS) is 1. The van der Waals surface area contributed by atoms with Crippen molar-refractivity contribution < 1.29 is 70.9 Å². The fraction of sp³-hybridized carbons (Fsp3) is 0.438. The molecular weight excluding hydrogens is 355 g/mol. The van der Waals surface area contributed by atoms with E-state index >= 15 is 0 Å². The van der Waals surface area contributed by atoms with E-state index < -0.39 is 22.8 Å². The molecule has 2 aliphatic heterocycles. The molecule has 0 saturated carbocycles. The van der Waals surface area contributed by atoms with Crippen LogP contribution in [0.4, 0.5) is 0 Å². The van der Waals surface area contributed by atoms with Gasteiger partial charge in [-0.1, -0.05) is 30.3 Å². The molecule has 1 N–H and O–H groups in total. The van der Waals surface area contributed by atoms with Crippen molar-refractivity contribution in [2.45, 2.75) is 42.5 Å². The molecule has 2 heterocycles. The first kappa shape index (κ1) is 19.9. The maximum absolute atomic E-state index is 12.2. The summed E-state index contributed by atoms with van der Waals surface area (Å²) in [5.41, 5.74) is 0.862. The van der Waals surface area contributed by atoms with Gasteiger partial charge in [-0.15, -0.1) is 11.8 Å². The second kappa shape index (κ2) is 7.47. The van der Waals surface area contributed by atoms with Gasteiger partial charge >= 0.3 is 51.4 Å². The molecule has 2 saturated heterocycles. The number of hydrogen-bond donors (Lipinski definition) is 1. The predicted octanol–water partition coefficient (Wildman–Crippen LogP) is -3.47. The molecule has 0 spiro atoms. The molecule has 24 heavy (non-hydrogen) atoms. The summed E-state index contributed by atoms with van der Waals surface area (Å²) in [6, 6.07) is 7.61. The Morgan fingerprint density at radius 2 is 1.92 bits per heavy atom. The number of rotatable bonds is 4. The molecule has 2 fully saturated rings. The van der Waals surface area contributed by atoms with Crippen LogP contribution >= 0.6 is 11.8 Å². The van der Waals surface area contributed by atoms with Crippen molar-refractivity contribution in [3.05, 3.63) is 35.9 Å². The predicted molar refractivity (Wildman–Crippen MR) is 83.2 cm³/mol. The Kier molecular flexibility index (Phi) is 6.20. The van der Waals surface area contributed by atoms with Crippen LogP contribution in [-0.2, 0) is 20.8 Å². The first-order chi connectivity index (χ1) is 10.8. The number of β-lactam (4-membered cyclic amide) rings is 1. The van der Waals surface area contributed by atoms with Gasteiger partial charge in [0, 0.05) is 4.75 Å². The molecule has 2 amide bonds. The third-order valence-corrected chi connectivity index (χ3v) is 5.76. The van der Waals surface area contributed by atoms with Crippen LogP contribution < -0.4 is 61.8 Å². The smallest absolute Gasteiger partial charge is 0.548 e. The van der Waals surface area contributed by atoms with Crippen LogP contribution in [0.5, 0.6) is 0 Å². The maximum Gasteiger partial charge on any atom is 1.00 e. The minimum absolute atomic E-state index is 0. The first-order valence-corrected chi connectivity index (χ1v) is 8.23. The third-order valence-electron chi connectivity index (χ3n) is 4.19. The van der Waals surface area contributed by atoms with Crippen LogP contribution in [0.15, 0.2) is 30.3 Å². The molecule has 0 aliphatic carbocycles. The molecule has 1 aromatic rings. The summed E-state index contributed by atoms with van der Waals surface area (Å²) in [7, 11) is 0. The van der Waals surface area contributed by atoms with Gasteiger partial charge in [0.25, 0.3) is 0 Å². The van der Waals surface area contributed by atoms with E-state index in [9.17, 15) is 19.5 Å². The van der Waals surface area contributed by atoms with Gasteiger partial charge in [0.05, 0.1) is 18.4 Å². The Morgan fingerprint density at radius 3 is 2.50 bits per heavy atom. The Hall–Kier alpha value is -0.384. The summed E-state index contributed by atoms with van der Waals surface area (Å²) in [5, 5.41) is 13.7. The van der Waals surface area contributed by atoms with Gasteiger partial charge < -0.3 is 20.1 Å². The van der Waals surface area contributed by atoms with Crippen molar-refractivity contribution in [2.24, 2.45) is 0 Å². The summed E-state index contributed by atoms with van der Waals surface area (Å²) in [4.78, 5) is 37.0. The number of thioether (sulfide) groups is 1. The van der Waals surface area contributed by atoms with E-state index in [0.717, 1.165) is 5.56 Å². The average Bonchev–Trinajstić information content (AvgIpc) is 2.74. The van der Waals surface area contributed by atoms with Crippen LogP contribution in [-0.4, -0.2) is 44.9 Å². The summed E-state index contributed by atoms with van der Waals surface area (Å²) >= 11 is 1.38. The van der Waals surface area contributed by atoms with Gasteiger partial charge in [0.2, 0.25) is 11.8 Å². The number of hydrogen-bond acceptors (Lipinski definition) is 5. The second-order valence-corrected chi connectivity index (χ2v) is 8.06. The van der Waals surface area contributed by atoms with E-state index in [2.05, 4.69) is 5.32 Å². The van der Waals surface area contributed by atoms with E-state index in [4.69, 9.17) is 0 Å². The Labute approximate surface area is 187 Å². The van der Waals surface area contributed by atoms with Crippen LogP contribution in [0.1, 0.15) is 19.4 Å². The molecule has 0 radical (unpaired) electrons. The van der Waals surface area contributed by atoms with Crippen LogP contribution in [0, 0.1) is 0 Å². The summed E-state index contributed by atoms with van der Waals surface area (Å²) in [5.74, 6) is -1.86. The Morgan fingerprint density at radius 1 is 1.29 bits per heavy atom. The molecule has 6 nitrogen and oxygen atoms in total. The van der Waals surface area contributed by atoms with E-state index in [1.54, 1.807) is 13.8 Å². The molecule has 0 bridgehead atoms. The summed E-state index contributed by atoms with van der Waals surface area (Å²) < 4.78 is -0.641. The van der Waals surface area contributed by atoms with Crippen LogP contribution in [0.3, 0.4) is 0 Å². The van der Waals surface area contributed by atoms with Gasteiger partial charge in [-0.2, -0.15) is 0 Å². The van der Waals surface area contributed by atoms with Gasteiger partial charge in [-0.05, 0) is 19.4 Å². The van der Waals surface area contributed by atoms with Crippen molar-refractivity contribution in [2.75, 3.05) is 0 Å². The normalized spacial score (nSPS) is 26.8. The molecule has 1 aromatic carbocycles. The summed E-state index contributed by atoms with van der Waals surface area (Å²) in [6.45, 7) is 3.54. The Balaban J connectivity index is 0.00000208. The minimum Gasteiger partial charge on any atom is -0.548 e. The van der Waals surface area contributed by atoms with E-state index in [0.29, 0.717) is 0 Å². The Bertz CT molecular complexity index is 667. The number of fused-ring (bicyclic) bond motifs is 1. The van der Waals surface area contributed by atoms with Crippen LogP contribution in [0.25, 0.3) is 0 Å². The maximum atomic E-state index is 12.2. The van der Waals surface area contributed by atoms with Gasteiger partial charge in [-0.3, -0.25) is 9.59 Å². The molecule has 2 aliphatic rings. The van der Waals surface area contributed by atoms with Gasteiger partial charge in [-0.25, -0.2) is 0 Å². The first-order valence-electron chi connectivity index (χ1n) is 7.35. The zero-order valence-electron chi connectivity index (χ0n) is 13.8. The third kappa shape index (κ3) is 3.59. The topological polar surface area (TPSA) is 89.5 Å². The fourth-order valence-electron chi connectivity index (χ4n) is 3.13. The summed E-state index contributed by atoms with van der Waals surface area (Å²) in [6.07, 6.45) is 0.190. The van der Waals surface area contributed by atoms with Crippen molar-refractivity contribution in [1.29, 1.82) is 0 Å². The number of benzene rings is 1. The zero-order chi connectivity index (χ0) is 16.8. The molecule has 8 heteroatoms. The van der Waals surface area contributed by atoms with E-state index in [1.807, 2.05) is 30.3 Å². The number of aliphatic carboxylic acids is 1. The number of carbonyl (C=O) groups excluding carboxylic acids is 3. The number of nitrogens with one attached hydrogen (secondary N) is 1. The fourth-order valence-corrected chi connectivity index (χ4v) is 4.75. The molecule has 0 aromatic heterocycles. The van der Waals surface area contributed by atoms with Gasteiger partial charge in [0.1, 0.15) is 11.4 Å². The number of amides is 2. The molecule has 122 valence electrons. The van der Waals surface area contributed by atoms with Crippen molar-refractivity contribution in [1.82, 2.24) is 10.2 Å². The number of carbonyl (C=O) groups is 3. The monoisotopic (exact) mass is 372 g/mol. The van der Waals surface area contributed by atoms with Crippen molar-refractivity contribution >= 4 is 29.5 Å². The molecule has 3 atom stereocenters. The average molecular weight is 372 g/mol. The van der Waals surface area contributed by atoms with Crippen LogP contribution in [0.2, 0.25) is 0 Å². The standard InChI is InChI=1S/C16H18N2O4S.K/c1-16(2)12(15(21)22)18-13(20)11(14(18)23-16)17-10(19)8-9-6-4-3-5-7-9;/h3-7,11-12,14H,8H2,1-2H3,(H,17,19)(H,21,22);/q;+1/p-1. The molecular formula is C16H17KN2O4S. The van der Waals surface area contributed by atoms with E-state index in [1.165, 1.54) is 16.7 Å². The molecule has 3 rings (SSSR count). The molecule has 3 unspecified atom stereocenters. The zero-order valence-corrected chi connectivity index (χ0v) is 17.8. The van der Waals surface area contributed by atoms with Gasteiger partial charge in [0.15, 0.2) is 0 Å². The van der Waals surface area contributed by atoms with Crippen molar-refractivity contribution in [3.63, 3.8) is 0 Å².